The largest absolute Gasteiger partial charge is 0.369 e. The van der Waals surface area contributed by atoms with E-state index in [1.54, 1.807) is 0 Å². The van der Waals surface area contributed by atoms with E-state index in [-0.39, 0.29) is 11.8 Å². The first kappa shape index (κ1) is 14.0. The number of hydrogen-bond acceptors (Lipinski definition) is 1. The van der Waals surface area contributed by atoms with Gasteiger partial charge < -0.3 is 5.73 Å². The molecule has 0 aromatic heterocycles. The maximum Gasteiger partial charge on any atom is 0.220 e. The molecule has 0 fully saturated rings. The van der Waals surface area contributed by atoms with Crippen molar-refractivity contribution in [3.63, 3.8) is 0 Å². The molecule has 0 rings (SSSR count). The quantitative estimate of drug-likeness (QED) is 0.643. The van der Waals surface area contributed by atoms with Crippen molar-refractivity contribution in [2.45, 2.75) is 46.5 Å². The molecule has 0 saturated heterocycles. The van der Waals surface area contributed by atoms with Crippen LogP contribution in [0, 0.1) is 30.1 Å². The average Bonchev–Trinajstić information content (AvgIpc) is 2.15. The number of carbonyl (C=O) groups excluding carboxylic acids is 1. The predicted octanol–water partition coefficient (Wildman–Crippen LogP) is 2.57. The molecule has 2 unspecified atom stereocenters. The fraction of sp³-hybridized carbons (Fsp3) is 0.769. The van der Waals surface area contributed by atoms with Crippen LogP contribution in [0.15, 0.2) is 0 Å². The minimum atomic E-state index is -0.212. The summed E-state index contributed by atoms with van der Waals surface area (Å²) in [5.41, 5.74) is 5.19. The third-order valence-corrected chi connectivity index (χ3v) is 2.67. The van der Waals surface area contributed by atoms with Gasteiger partial charge in [0.15, 0.2) is 0 Å². The number of primary amides is 1. The average molecular weight is 209 g/mol. The Morgan fingerprint density at radius 2 is 1.93 bits per heavy atom. The van der Waals surface area contributed by atoms with E-state index in [9.17, 15) is 4.79 Å². The Morgan fingerprint density at radius 1 is 1.33 bits per heavy atom. The molecule has 1 amide bonds. The summed E-state index contributed by atoms with van der Waals surface area (Å²) in [4.78, 5) is 10.8. The molecule has 0 aromatic rings. The summed E-state index contributed by atoms with van der Waals surface area (Å²) >= 11 is 0. The van der Waals surface area contributed by atoms with Crippen LogP contribution in [0.3, 0.4) is 0 Å². The van der Waals surface area contributed by atoms with Crippen LogP contribution in [-0.2, 0) is 4.79 Å². The Balaban J connectivity index is 3.74. The van der Waals surface area contributed by atoms with Gasteiger partial charge in [-0.15, -0.1) is 12.3 Å². The Bertz CT molecular complexity index is 227. The summed E-state index contributed by atoms with van der Waals surface area (Å²) in [5, 5.41) is 0. The van der Waals surface area contributed by atoms with Crippen molar-refractivity contribution in [2.75, 3.05) is 0 Å². The SMILES string of the molecule is C#CC(CCCC(C)C(N)=O)CC(C)C. The lowest BCUT2D eigenvalue weighted by Gasteiger charge is -2.13. The number of nitrogens with two attached hydrogens (primary N) is 1. The van der Waals surface area contributed by atoms with Gasteiger partial charge in [0, 0.05) is 11.8 Å². The topological polar surface area (TPSA) is 43.1 Å². The van der Waals surface area contributed by atoms with E-state index in [1.807, 2.05) is 6.92 Å². The fourth-order valence-electron chi connectivity index (χ4n) is 1.65. The van der Waals surface area contributed by atoms with Crippen LogP contribution in [0.5, 0.6) is 0 Å². The lowest BCUT2D eigenvalue weighted by Crippen LogP contribution is -2.20. The van der Waals surface area contributed by atoms with Crippen LogP contribution in [0.4, 0.5) is 0 Å². The molecule has 2 N–H and O–H groups in total. The minimum absolute atomic E-state index is 0.0255. The van der Waals surface area contributed by atoms with Crippen molar-refractivity contribution >= 4 is 5.91 Å². The van der Waals surface area contributed by atoms with Gasteiger partial charge in [0.05, 0.1) is 0 Å². The van der Waals surface area contributed by atoms with Crippen molar-refractivity contribution in [3.05, 3.63) is 0 Å². The summed E-state index contributed by atoms with van der Waals surface area (Å²) in [6.07, 6.45) is 9.38. The summed E-state index contributed by atoms with van der Waals surface area (Å²) in [7, 11) is 0. The zero-order valence-corrected chi connectivity index (χ0v) is 10.1. The van der Waals surface area contributed by atoms with Gasteiger partial charge in [-0.05, 0) is 25.2 Å². The molecule has 0 heterocycles. The Hall–Kier alpha value is -0.970. The zero-order valence-electron chi connectivity index (χ0n) is 10.1. The molecule has 0 spiro atoms. The molecule has 2 nitrogen and oxygen atoms in total. The summed E-state index contributed by atoms with van der Waals surface area (Å²) in [6.45, 7) is 6.22. The lowest BCUT2D eigenvalue weighted by molar-refractivity contribution is -0.121. The van der Waals surface area contributed by atoms with Crippen molar-refractivity contribution in [3.8, 4) is 12.3 Å². The van der Waals surface area contributed by atoms with E-state index in [1.165, 1.54) is 0 Å². The van der Waals surface area contributed by atoms with Gasteiger partial charge in [-0.2, -0.15) is 0 Å². The van der Waals surface area contributed by atoms with E-state index < -0.39 is 0 Å². The molecule has 0 saturated carbocycles. The van der Waals surface area contributed by atoms with Crippen molar-refractivity contribution < 1.29 is 4.79 Å². The fourth-order valence-corrected chi connectivity index (χ4v) is 1.65. The van der Waals surface area contributed by atoms with Crippen molar-refractivity contribution in [1.29, 1.82) is 0 Å². The van der Waals surface area contributed by atoms with Gasteiger partial charge in [-0.3, -0.25) is 4.79 Å². The molecule has 15 heavy (non-hydrogen) atoms. The second-order valence-corrected chi connectivity index (χ2v) is 4.73. The van der Waals surface area contributed by atoms with Gasteiger partial charge in [0.2, 0.25) is 5.91 Å². The number of hydrogen-bond donors (Lipinski definition) is 1. The van der Waals surface area contributed by atoms with Crippen molar-refractivity contribution in [2.24, 2.45) is 23.5 Å². The minimum Gasteiger partial charge on any atom is -0.369 e. The van der Waals surface area contributed by atoms with E-state index in [4.69, 9.17) is 12.2 Å². The molecule has 0 radical (unpaired) electrons. The highest BCUT2D eigenvalue weighted by atomic mass is 16.1. The molecule has 2 heteroatoms. The third kappa shape index (κ3) is 7.02. The molecule has 0 aliphatic heterocycles. The van der Waals surface area contributed by atoms with Gasteiger partial charge in [0.25, 0.3) is 0 Å². The second kappa shape index (κ2) is 7.34. The van der Waals surface area contributed by atoms with Crippen LogP contribution in [0.1, 0.15) is 46.5 Å². The highest BCUT2D eigenvalue weighted by Crippen LogP contribution is 2.18. The van der Waals surface area contributed by atoms with Crippen molar-refractivity contribution in [1.82, 2.24) is 0 Å². The lowest BCUT2D eigenvalue weighted by atomic mass is 9.91. The molecule has 86 valence electrons. The summed E-state index contributed by atoms with van der Waals surface area (Å²) in [5.74, 6) is 3.57. The number of terminal acetylenes is 1. The van der Waals surface area contributed by atoms with Gasteiger partial charge in [0.1, 0.15) is 0 Å². The normalized spacial score (nSPS) is 14.6. The van der Waals surface area contributed by atoms with Crippen LogP contribution < -0.4 is 5.73 Å². The molecule has 0 bridgehead atoms. The monoisotopic (exact) mass is 209 g/mol. The Morgan fingerprint density at radius 3 is 2.33 bits per heavy atom. The van der Waals surface area contributed by atoms with Gasteiger partial charge >= 0.3 is 0 Å². The number of amides is 1. The van der Waals surface area contributed by atoms with Crippen LogP contribution in [0.25, 0.3) is 0 Å². The first-order chi connectivity index (χ1) is 6.97. The highest BCUT2D eigenvalue weighted by Gasteiger charge is 2.11. The van der Waals surface area contributed by atoms with E-state index >= 15 is 0 Å². The number of rotatable bonds is 7. The van der Waals surface area contributed by atoms with E-state index in [2.05, 4.69) is 19.8 Å². The molecule has 2 atom stereocenters. The van der Waals surface area contributed by atoms with Crippen LogP contribution in [-0.4, -0.2) is 5.91 Å². The zero-order chi connectivity index (χ0) is 11.8. The molecule has 0 aromatic carbocycles. The van der Waals surface area contributed by atoms with Crippen LogP contribution in [0.2, 0.25) is 0 Å². The summed E-state index contributed by atoms with van der Waals surface area (Å²) < 4.78 is 0. The standard InChI is InChI=1S/C13H23NO/c1-5-12(9-10(2)3)8-6-7-11(4)13(14)15/h1,10-12H,6-9H2,2-4H3,(H2,14,15). The van der Waals surface area contributed by atoms with Gasteiger partial charge in [-0.25, -0.2) is 0 Å². The van der Waals surface area contributed by atoms with E-state index in [0.717, 1.165) is 25.7 Å². The third-order valence-electron chi connectivity index (χ3n) is 2.67. The smallest absolute Gasteiger partial charge is 0.220 e. The summed E-state index contributed by atoms with van der Waals surface area (Å²) in [6, 6.07) is 0. The molecule has 0 aliphatic rings. The first-order valence-electron chi connectivity index (χ1n) is 5.72. The van der Waals surface area contributed by atoms with E-state index in [0.29, 0.717) is 11.8 Å². The number of carbonyl (C=O) groups is 1. The Labute approximate surface area is 93.6 Å². The highest BCUT2D eigenvalue weighted by molar-refractivity contribution is 5.76. The first-order valence-corrected chi connectivity index (χ1v) is 5.72. The Kier molecular flexibility index (Phi) is 6.86. The maximum atomic E-state index is 10.8. The maximum absolute atomic E-state index is 10.8. The van der Waals surface area contributed by atoms with Crippen LogP contribution >= 0.6 is 0 Å². The molecular formula is C13H23NO. The molecule has 0 aliphatic carbocycles. The molecular weight excluding hydrogens is 186 g/mol. The second-order valence-electron chi connectivity index (χ2n) is 4.73. The predicted molar refractivity (Wildman–Crippen MR) is 64.0 cm³/mol. The van der Waals surface area contributed by atoms with Gasteiger partial charge in [-0.1, -0.05) is 27.2 Å².